The van der Waals surface area contributed by atoms with E-state index in [4.69, 9.17) is 4.74 Å². The van der Waals surface area contributed by atoms with E-state index in [1.807, 2.05) is 6.92 Å². The number of aromatic nitrogens is 2. The van der Waals surface area contributed by atoms with Crippen molar-refractivity contribution in [3.63, 3.8) is 0 Å². The SMILES string of the molecule is Cc1[nH]ncc1CNCCOc1ccc(C(F)(F)F)cc1. The zero-order valence-corrected chi connectivity index (χ0v) is 11.5. The van der Waals surface area contributed by atoms with Crippen molar-refractivity contribution in [2.75, 3.05) is 13.2 Å². The lowest BCUT2D eigenvalue weighted by Gasteiger charge is -2.09. The van der Waals surface area contributed by atoms with Crippen molar-refractivity contribution >= 4 is 0 Å². The van der Waals surface area contributed by atoms with Crippen molar-refractivity contribution < 1.29 is 17.9 Å². The van der Waals surface area contributed by atoms with Gasteiger partial charge in [-0.05, 0) is 31.2 Å². The van der Waals surface area contributed by atoms with Gasteiger partial charge in [-0.3, -0.25) is 5.10 Å². The molecule has 0 atom stereocenters. The highest BCUT2D eigenvalue weighted by molar-refractivity contribution is 5.28. The fourth-order valence-electron chi connectivity index (χ4n) is 1.76. The molecule has 1 aromatic carbocycles. The van der Waals surface area contributed by atoms with Gasteiger partial charge in [0.2, 0.25) is 0 Å². The van der Waals surface area contributed by atoms with Crippen LogP contribution in [0.3, 0.4) is 0 Å². The minimum Gasteiger partial charge on any atom is -0.492 e. The minimum absolute atomic E-state index is 0.377. The molecule has 21 heavy (non-hydrogen) atoms. The Balaban J connectivity index is 1.70. The molecule has 2 N–H and O–H groups in total. The van der Waals surface area contributed by atoms with Crippen molar-refractivity contribution in [1.29, 1.82) is 0 Å². The summed E-state index contributed by atoms with van der Waals surface area (Å²) in [5.41, 5.74) is 1.40. The number of hydrogen-bond acceptors (Lipinski definition) is 3. The first-order valence-corrected chi connectivity index (χ1v) is 6.46. The van der Waals surface area contributed by atoms with Crippen LogP contribution in [0.4, 0.5) is 13.2 Å². The lowest BCUT2D eigenvalue weighted by Crippen LogP contribution is -2.20. The average Bonchev–Trinajstić information content (AvgIpc) is 2.84. The summed E-state index contributed by atoms with van der Waals surface area (Å²) in [7, 11) is 0. The number of H-pyrrole nitrogens is 1. The molecule has 7 heteroatoms. The summed E-state index contributed by atoms with van der Waals surface area (Å²) in [5.74, 6) is 0.421. The Kier molecular flexibility index (Phi) is 4.85. The third-order valence-electron chi connectivity index (χ3n) is 2.98. The Morgan fingerprint density at radius 1 is 1.24 bits per heavy atom. The van der Waals surface area contributed by atoms with Gasteiger partial charge in [-0.25, -0.2) is 0 Å². The van der Waals surface area contributed by atoms with Crippen LogP contribution in [-0.4, -0.2) is 23.3 Å². The normalized spacial score (nSPS) is 11.6. The van der Waals surface area contributed by atoms with Gasteiger partial charge in [-0.1, -0.05) is 0 Å². The maximum atomic E-state index is 12.4. The number of ether oxygens (including phenoxy) is 1. The van der Waals surface area contributed by atoms with Gasteiger partial charge in [-0.2, -0.15) is 18.3 Å². The zero-order chi connectivity index (χ0) is 15.3. The molecular weight excluding hydrogens is 283 g/mol. The number of nitrogens with zero attached hydrogens (tertiary/aromatic N) is 1. The summed E-state index contributed by atoms with van der Waals surface area (Å²) in [6.45, 7) is 3.56. The summed E-state index contributed by atoms with van der Waals surface area (Å²) in [6, 6.07) is 4.67. The Morgan fingerprint density at radius 3 is 2.52 bits per heavy atom. The fraction of sp³-hybridized carbons (Fsp3) is 0.357. The molecule has 1 heterocycles. The molecule has 0 aliphatic heterocycles. The van der Waals surface area contributed by atoms with E-state index in [9.17, 15) is 13.2 Å². The molecule has 0 unspecified atom stereocenters. The minimum atomic E-state index is -4.32. The fourth-order valence-corrected chi connectivity index (χ4v) is 1.76. The predicted octanol–water partition coefficient (Wildman–Crippen LogP) is 2.91. The predicted molar refractivity (Wildman–Crippen MR) is 72.0 cm³/mol. The van der Waals surface area contributed by atoms with Crippen LogP contribution in [0.5, 0.6) is 5.75 Å². The first-order valence-electron chi connectivity index (χ1n) is 6.46. The molecule has 0 bridgehead atoms. The smallest absolute Gasteiger partial charge is 0.416 e. The second-order valence-corrected chi connectivity index (χ2v) is 4.57. The number of hydrogen-bond donors (Lipinski definition) is 2. The molecule has 0 aliphatic rings. The van der Waals surface area contributed by atoms with Crippen molar-refractivity contribution in [3.8, 4) is 5.75 Å². The molecule has 1 aromatic heterocycles. The Morgan fingerprint density at radius 2 is 1.95 bits per heavy atom. The molecular formula is C14H16F3N3O. The van der Waals surface area contributed by atoms with Gasteiger partial charge in [0, 0.05) is 24.3 Å². The van der Waals surface area contributed by atoms with Crippen LogP contribution in [0, 0.1) is 6.92 Å². The van der Waals surface area contributed by atoms with E-state index >= 15 is 0 Å². The van der Waals surface area contributed by atoms with Crippen LogP contribution in [0.15, 0.2) is 30.5 Å². The lowest BCUT2D eigenvalue weighted by atomic mass is 10.2. The quantitative estimate of drug-likeness (QED) is 0.806. The molecule has 0 aliphatic carbocycles. The molecule has 0 saturated carbocycles. The summed E-state index contributed by atoms with van der Waals surface area (Å²) < 4.78 is 42.5. The van der Waals surface area contributed by atoms with Crippen LogP contribution in [-0.2, 0) is 12.7 Å². The average molecular weight is 299 g/mol. The van der Waals surface area contributed by atoms with Gasteiger partial charge in [0.1, 0.15) is 12.4 Å². The molecule has 114 valence electrons. The number of alkyl halides is 3. The summed E-state index contributed by atoms with van der Waals surface area (Å²) in [6.07, 6.45) is -2.57. The van der Waals surface area contributed by atoms with E-state index in [1.165, 1.54) is 12.1 Å². The van der Waals surface area contributed by atoms with Crippen LogP contribution in [0.25, 0.3) is 0 Å². The van der Waals surface area contributed by atoms with Gasteiger partial charge in [0.05, 0.1) is 11.8 Å². The first kappa shape index (κ1) is 15.4. The van der Waals surface area contributed by atoms with E-state index in [-0.39, 0.29) is 0 Å². The van der Waals surface area contributed by atoms with E-state index < -0.39 is 11.7 Å². The second-order valence-electron chi connectivity index (χ2n) is 4.57. The molecule has 0 radical (unpaired) electrons. The number of aromatic amines is 1. The summed E-state index contributed by atoms with van der Waals surface area (Å²) in [5, 5.41) is 9.92. The molecule has 0 amide bonds. The van der Waals surface area contributed by atoms with Gasteiger partial charge >= 0.3 is 6.18 Å². The summed E-state index contributed by atoms with van der Waals surface area (Å²) in [4.78, 5) is 0. The van der Waals surface area contributed by atoms with E-state index in [1.54, 1.807) is 6.20 Å². The third kappa shape index (κ3) is 4.49. The number of halogens is 3. The second kappa shape index (κ2) is 6.62. The van der Waals surface area contributed by atoms with Crippen LogP contribution in [0.1, 0.15) is 16.8 Å². The van der Waals surface area contributed by atoms with Gasteiger partial charge in [-0.15, -0.1) is 0 Å². The molecule has 0 saturated heterocycles. The molecule has 0 fully saturated rings. The topological polar surface area (TPSA) is 49.9 Å². The molecule has 0 spiro atoms. The van der Waals surface area contributed by atoms with Gasteiger partial charge in [0.15, 0.2) is 0 Å². The third-order valence-corrected chi connectivity index (χ3v) is 2.98. The van der Waals surface area contributed by atoms with Gasteiger partial charge in [0.25, 0.3) is 0 Å². The number of benzene rings is 1. The number of rotatable bonds is 6. The Labute approximate surface area is 120 Å². The standard InChI is InChI=1S/C14H16F3N3O/c1-10-11(9-19-20-10)8-18-6-7-21-13-4-2-12(3-5-13)14(15,16)17/h2-5,9,18H,6-8H2,1H3,(H,19,20). The van der Waals surface area contributed by atoms with Crippen molar-refractivity contribution in [3.05, 3.63) is 47.3 Å². The number of nitrogens with one attached hydrogen (secondary N) is 2. The Bertz CT molecular complexity index is 564. The highest BCUT2D eigenvalue weighted by Crippen LogP contribution is 2.30. The monoisotopic (exact) mass is 299 g/mol. The van der Waals surface area contributed by atoms with E-state index in [0.29, 0.717) is 25.4 Å². The van der Waals surface area contributed by atoms with E-state index in [2.05, 4.69) is 15.5 Å². The molecule has 2 rings (SSSR count). The maximum absolute atomic E-state index is 12.4. The van der Waals surface area contributed by atoms with E-state index in [0.717, 1.165) is 23.4 Å². The van der Waals surface area contributed by atoms with Gasteiger partial charge < -0.3 is 10.1 Å². The zero-order valence-electron chi connectivity index (χ0n) is 11.5. The van der Waals surface area contributed by atoms with Crippen molar-refractivity contribution in [2.45, 2.75) is 19.6 Å². The van der Waals surface area contributed by atoms with Crippen LogP contribution < -0.4 is 10.1 Å². The lowest BCUT2D eigenvalue weighted by molar-refractivity contribution is -0.137. The van der Waals surface area contributed by atoms with Crippen LogP contribution in [0.2, 0.25) is 0 Å². The first-order chi connectivity index (χ1) is 9.97. The van der Waals surface area contributed by atoms with Crippen molar-refractivity contribution in [1.82, 2.24) is 15.5 Å². The number of aryl methyl sites for hydroxylation is 1. The summed E-state index contributed by atoms with van der Waals surface area (Å²) >= 11 is 0. The van der Waals surface area contributed by atoms with Crippen LogP contribution >= 0.6 is 0 Å². The van der Waals surface area contributed by atoms with Crippen molar-refractivity contribution in [2.24, 2.45) is 0 Å². The highest BCUT2D eigenvalue weighted by atomic mass is 19.4. The molecule has 2 aromatic rings. The highest BCUT2D eigenvalue weighted by Gasteiger charge is 2.29. The largest absolute Gasteiger partial charge is 0.492 e. The maximum Gasteiger partial charge on any atom is 0.416 e. The molecule has 4 nitrogen and oxygen atoms in total. The Hall–Kier alpha value is -2.02.